The number of carbonyl (C=O) groups is 2. The maximum absolute atomic E-state index is 13.8. The Morgan fingerprint density at radius 1 is 0.735 bits per heavy atom. The van der Waals surface area contributed by atoms with Gasteiger partial charge in [0.1, 0.15) is 17.2 Å². The highest BCUT2D eigenvalue weighted by atomic mass is 16.5. The first kappa shape index (κ1) is 23.1. The summed E-state index contributed by atoms with van der Waals surface area (Å²) in [7, 11) is 3.12. The Kier molecular flexibility index (Phi) is 6.16. The van der Waals surface area contributed by atoms with Gasteiger partial charge in [-0.1, -0.05) is 35.9 Å². The third-order valence-corrected chi connectivity index (χ3v) is 6.01. The fourth-order valence-corrected chi connectivity index (χ4v) is 4.22. The van der Waals surface area contributed by atoms with E-state index in [0.29, 0.717) is 34.0 Å². The second kappa shape index (κ2) is 9.06. The summed E-state index contributed by atoms with van der Waals surface area (Å²) >= 11 is 0. The van der Waals surface area contributed by atoms with E-state index in [0.717, 1.165) is 22.3 Å². The lowest BCUT2D eigenvalue weighted by Crippen LogP contribution is -2.33. The van der Waals surface area contributed by atoms with Gasteiger partial charge in [-0.3, -0.25) is 9.59 Å². The number of anilines is 2. The van der Waals surface area contributed by atoms with Crippen LogP contribution in [0.1, 0.15) is 27.8 Å². The largest absolute Gasteiger partial charge is 0.497 e. The Hall–Kier alpha value is -4.06. The second-order valence-electron chi connectivity index (χ2n) is 8.50. The van der Waals surface area contributed by atoms with Crippen LogP contribution in [0.4, 0.5) is 11.4 Å². The first-order chi connectivity index (χ1) is 16.2. The van der Waals surface area contributed by atoms with Gasteiger partial charge in [0.05, 0.1) is 31.2 Å². The summed E-state index contributed by atoms with van der Waals surface area (Å²) in [6, 6.07) is 16.8. The number of carbonyl (C=O) groups excluding carboxylic acids is 2. The molecule has 1 N–H and O–H groups in total. The Balaban J connectivity index is 1.92. The minimum Gasteiger partial charge on any atom is -0.497 e. The number of hydrogen-bond acceptors (Lipinski definition) is 5. The maximum Gasteiger partial charge on any atom is 0.282 e. The zero-order valence-corrected chi connectivity index (χ0v) is 20.3. The van der Waals surface area contributed by atoms with Crippen molar-refractivity contribution in [2.75, 3.05) is 24.4 Å². The highest BCUT2D eigenvalue weighted by Gasteiger charge is 2.41. The average Bonchev–Trinajstić information content (AvgIpc) is 3.04. The van der Waals surface area contributed by atoms with E-state index in [1.807, 2.05) is 64.1 Å². The SMILES string of the molecule is COc1ccc(OC)c(NC2=C(c3ccc(C)cc3C)C(=O)N(c3cc(C)ccc3C)C2=O)c1. The highest BCUT2D eigenvalue weighted by Crippen LogP contribution is 2.38. The predicted molar refractivity (Wildman–Crippen MR) is 134 cm³/mol. The lowest BCUT2D eigenvalue weighted by atomic mass is 9.97. The summed E-state index contributed by atoms with van der Waals surface area (Å²) in [6.07, 6.45) is 0. The van der Waals surface area contributed by atoms with Crippen molar-refractivity contribution in [3.63, 3.8) is 0 Å². The van der Waals surface area contributed by atoms with Gasteiger partial charge >= 0.3 is 0 Å². The fourth-order valence-electron chi connectivity index (χ4n) is 4.22. The number of ether oxygens (including phenoxy) is 2. The molecule has 174 valence electrons. The summed E-state index contributed by atoms with van der Waals surface area (Å²) in [4.78, 5) is 28.9. The van der Waals surface area contributed by atoms with Crippen LogP contribution in [-0.2, 0) is 9.59 Å². The lowest BCUT2D eigenvalue weighted by Gasteiger charge is -2.19. The van der Waals surface area contributed by atoms with Crippen LogP contribution in [0.3, 0.4) is 0 Å². The molecule has 3 aromatic carbocycles. The molecule has 2 amide bonds. The first-order valence-corrected chi connectivity index (χ1v) is 11.0. The van der Waals surface area contributed by atoms with E-state index in [2.05, 4.69) is 5.32 Å². The third kappa shape index (κ3) is 4.03. The molecule has 1 heterocycles. The number of rotatable bonds is 6. The van der Waals surface area contributed by atoms with Gasteiger partial charge < -0.3 is 14.8 Å². The van der Waals surface area contributed by atoms with Crippen molar-refractivity contribution in [1.29, 1.82) is 0 Å². The molecule has 0 spiro atoms. The Morgan fingerprint density at radius 3 is 2.12 bits per heavy atom. The summed E-state index contributed by atoms with van der Waals surface area (Å²) < 4.78 is 10.8. The number of aryl methyl sites for hydroxylation is 4. The van der Waals surface area contributed by atoms with E-state index in [-0.39, 0.29) is 11.6 Å². The molecular formula is C28H28N2O4. The van der Waals surface area contributed by atoms with Crippen LogP contribution in [-0.4, -0.2) is 26.0 Å². The van der Waals surface area contributed by atoms with Gasteiger partial charge in [0, 0.05) is 6.07 Å². The molecule has 1 aliphatic heterocycles. The Bertz CT molecular complexity index is 1340. The number of hydrogen-bond donors (Lipinski definition) is 1. The lowest BCUT2D eigenvalue weighted by molar-refractivity contribution is -0.120. The van der Waals surface area contributed by atoms with Crippen LogP contribution in [0.25, 0.3) is 5.57 Å². The molecule has 3 aromatic rings. The van der Waals surface area contributed by atoms with Crippen LogP contribution in [0.15, 0.2) is 60.3 Å². The summed E-state index contributed by atoms with van der Waals surface area (Å²) in [6.45, 7) is 7.77. The van der Waals surface area contributed by atoms with Gasteiger partial charge in [-0.15, -0.1) is 0 Å². The molecule has 0 saturated carbocycles. The molecule has 0 atom stereocenters. The zero-order chi connectivity index (χ0) is 24.6. The minimum absolute atomic E-state index is 0.199. The van der Waals surface area contributed by atoms with Crippen molar-refractivity contribution in [2.24, 2.45) is 0 Å². The van der Waals surface area contributed by atoms with Gasteiger partial charge in [-0.05, 0) is 68.1 Å². The fraction of sp³-hybridized carbons (Fsp3) is 0.214. The molecule has 0 fully saturated rings. The summed E-state index contributed by atoms with van der Waals surface area (Å²) in [5.74, 6) is 0.340. The minimum atomic E-state index is -0.418. The van der Waals surface area contributed by atoms with Crippen LogP contribution >= 0.6 is 0 Å². The van der Waals surface area contributed by atoms with E-state index in [1.54, 1.807) is 32.4 Å². The molecule has 4 rings (SSSR count). The van der Waals surface area contributed by atoms with Crippen molar-refractivity contribution in [3.05, 3.63) is 88.1 Å². The topological polar surface area (TPSA) is 67.9 Å². The molecule has 34 heavy (non-hydrogen) atoms. The molecule has 0 saturated heterocycles. The number of nitrogens with one attached hydrogen (secondary N) is 1. The molecule has 0 radical (unpaired) electrons. The van der Waals surface area contributed by atoms with Crippen molar-refractivity contribution >= 4 is 28.8 Å². The molecule has 0 aromatic heterocycles. The number of methoxy groups -OCH3 is 2. The normalized spacial score (nSPS) is 13.5. The van der Waals surface area contributed by atoms with Crippen molar-refractivity contribution in [2.45, 2.75) is 27.7 Å². The van der Waals surface area contributed by atoms with Gasteiger partial charge in [0.2, 0.25) is 0 Å². The van der Waals surface area contributed by atoms with Crippen LogP contribution in [0.5, 0.6) is 11.5 Å². The molecule has 1 aliphatic rings. The van der Waals surface area contributed by atoms with E-state index >= 15 is 0 Å². The van der Waals surface area contributed by atoms with E-state index < -0.39 is 5.91 Å². The Labute approximate surface area is 199 Å². The third-order valence-electron chi connectivity index (χ3n) is 6.01. The monoisotopic (exact) mass is 456 g/mol. The standard InChI is InChI=1S/C28H28N2O4/c1-16-8-11-21(19(4)13-16)25-26(29-22-15-20(33-5)10-12-24(22)34-6)28(32)30(27(25)31)23-14-17(2)7-9-18(23)3/h7-15,29H,1-6H3. The number of imide groups is 1. The summed E-state index contributed by atoms with van der Waals surface area (Å²) in [5.41, 5.74) is 6.14. The van der Waals surface area contributed by atoms with Crippen LogP contribution < -0.4 is 19.7 Å². The predicted octanol–water partition coefficient (Wildman–Crippen LogP) is 5.33. The van der Waals surface area contributed by atoms with E-state index in [1.165, 1.54) is 4.90 Å². The van der Waals surface area contributed by atoms with E-state index in [4.69, 9.17) is 9.47 Å². The number of nitrogens with zero attached hydrogens (tertiary/aromatic N) is 1. The van der Waals surface area contributed by atoms with E-state index in [9.17, 15) is 9.59 Å². The second-order valence-corrected chi connectivity index (χ2v) is 8.50. The van der Waals surface area contributed by atoms with Crippen LogP contribution in [0.2, 0.25) is 0 Å². The average molecular weight is 457 g/mol. The summed E-state index contributed by atoms with van der Waals surface area (Å²) in [5, 5.41) is 3.20. The van der Waals surface area contributed by atoms with Gasteiger partial charge in [-0.25, -0.2) is 4.90 Å². The van der Waals surface area contributed by atoms with Gasteiger partial charge in [0.15, 0.2) is 0 Å². The van der Waals surface area contributed by atoms with Gasteiger partial charge in [-0.2, -0.15) is 0 Å². The van der Waals surface area contributed by atoms with Crippen molar-refractivity contribution < 1.29 is 19.1 Å². The zero-order valence-electron chi connectivity index (χ0n) is 20.3. The molecule has 0 aliphatic carbocycles. The number of amides is 2. The smallest absolute Gasteiger partial charge is 0.282 e. The highest BCUT2D eigenvalue weighted by molar-refractivity contribution is 6.46. The molecular weight excluding hydrogens is 428 g/mol. The van der Waals surface area contributed by atoms with Gasteiger partial charge in [0.25, 0.3) is 11.8 Å². The molecule has 6 heteroatoms. The molecule has 0 unspecified atom stereocenters. The Morgan fingerprint density at radius 2 is 1.44 bits per heavy atom. The molecule has 0 bridgehead atoms. The van der Waals surface area contributed by atoms with Crippen molar-refractivity contribution in [3.8, 4) is 11.5 Å². The van der Waals surface area contributed by atoms with Crippen LogP contribution in [0, 0.1) is 27.7 Å². The van der Waals surface area contributed by atoms with Crippen molar-refractivity contribution in [1.82, 2.24) is 0 Å². The number of benzene rings is 3. The quantitative estimate of drug-likeness (QED) is 0.508. The molecule has 6 nitrogen and oxygen atoms in total. The first-order valence-electron chi connectivity index (χ1n) is 11.0. The maximum atomic E-state index is 13.8.